The van der Waals surface area contributed by atoms with E-state index >= 15 is 0 Å². The topological polar surface area (TPSA) is 84.1 Å². The van der Waals surface area contributed by atoms with Crippen molar-refractivity contribution in [3.63, 3.8) is 0 Å². The van der Waals surface area contributed by atoms with Crippen LogP contribution in [-0.4, -0.2) is 40.9 Å². The molecule has 1 atom stereocenters. The number of hydrogen-bond acceptors (Lipinski definition) is 5. The number of H-pyrrole nitrogens is 1. The highest BCUT2D eigenvalue weighted by molar-refractivity contribution is 7.99. The molecule has 0 radical (unpaired) electrons. The number of aromatic nitrogens is 2. The maximum absolute atomic E-state index is 11.6. The largest absolute Gasteiger partial charge is 0.376 e. The van der Waals surface area contributed by atoms with E-state index in [2.05, 4.69) is 15.3 Å². The molecule has 0 aliphatic carbocycles. The summed E-state index contributed by atoms with van der Waals surface area (Å²) in [7, 11) is 0. The first-order valence-electron chi connectivity index (χ1n) is 6.22. The van der Waals surface area contributed by atoms with Gasteiger partial charge in [0, 0.05) is 18.8 Å². The first-order valence-corrected chi connectivity index (χ1v) is 7.21. The van der Waals surface area contributed by atoms with Gasteiger partial charge in [0.2, 0.25) is 5.91 Å². The average molecular weight is 283 g/mol. The van der Waals surface area contributed by atoms with Crippen molar-refractivity contribution in [2.45, 2.75) is 30.9 Å². The fourth-order valence-corrected chi connectivity index (χ4v) is 2.64. The molecule has 1 fully saturated rings. The van der Waals surface area contributed by atoms with Gasteiger partial charge in [-0.05, 0) is 25.8 Å². The molecule has 2 N–H and O–H groups in total. The molecule has 1 amide bonds. The maximum Gasteiger partial charge on any atom is 0.346 e. The number of aromatic amines is 1. The third kappa shape index (κ3) is 4.68. The van der Waals surface area contributed by atoms with Gasteiger partial charge in [-0.25, -0.2) is 4.79 Å². The number of rotatable bonds is 5. The monoisotopic (exact) mass is 283 g/mol. The number of thioether (sulfide) groups is 1. The molecule has 104 valence electrons. The molecule has 1 aliphatic heterocycles. The van der Waals surface area contributed by atoms with Crippen LogP contribution in [0, 0.1) is 6.92 Å². The van der Waals surface area contributed by atoms with Crippen molar-refractivity contribution >= 4 is 17.7 Å². The summed E-state index contributed by atoms with van der Waals surface area (Å²) in [5.74, 6) is 0.183. The lowest BCUT2D eigenvalue weighted by Crippen LogP contribution is -2.32. The molecule has 0 saturated carbocycles. The highest BCUT2D eigenvalue weighted by atomic mass is 32.2. The van der Waals surface area contributed by atoms with Crippen LogP contribution in [0.25, 0.3) is 0 Å². The van der Waals surface area contributed by atoms with Gasteiger partial charge in [-0.15, -0.1) is 0 Å². The Bertz CT molecular complexity index is 497. The number of nitrogens with one attached hydrogen (secondary N) is 2. The second-order valence-electron chi connectivity index (χ2n) is 4.44. The molecule has 1 saturated heterocycles. The van der Waals surface area contributed by atoms with E-state index < -0.39 is 0 Å². The van der Waals surface area contributed by atoms with Crippen molar-refractivity contribution < 1.29 is 9.53 Å². The van der Waals surface area contributed by atoms with E-state index in [9.17, 15) is 9.59 Å². The van der Waals surface area contributed by atoms with E-state index in [1.165, 1.54) is 11.8 Å². The molecule has 1 aliphatic rings. The number of carbonyl (C=O) groups excluding carboxylic acids is 1. The summed E-state index contributed by atoms with van der Waals surface area (Å²) >= 11 is 1.26. The molecule has 1 aromatic heterocycles. The number of aryl methyl sites for hydroxylation is 1. The van der Waals surface area contributed by atoms with Gasteiger partial charge in [0.1, 0.15) is 5.03 Å². The van der Waals surface area contributed by atoms with Crippen molar-refractivity contribution in [1.82, 2.24) is 15.3 Å². The lowest BCUT2D eigenvalue weighted by atomic mass is 10.2. The number of hydrogen-bond donors (Lipinski definition) is 2. The van der Waals surface area contributed by atoms with Crippen LogP contribution in [0.5, 0.6) is 0 Å². The van der Waals surface area contributed by atoms with Gasteiger partial charge in [0.05, 0.1) is 11.9 Å². The lowest BCUT2D eigenvalue weighted by Gasteiger charge is -2.10. The molecule has 0 unspecified atom stereocenters. The van der Waals surface area contributed by atoms with Crippen molar-refractivity contribution in [1.29, 1.82) is 0 Å². The van der Waals surface area contributed by atoms with E-state index in [1.54, 1.807) is 13.0 Å². The Hall–Kier alpha value is -1.34. The summed E-state index contributed by atoms with van der Waals surface area (Å²) in [5.41, 5.74) is 0.351. The Balaban J connectivity index is 1.74. The summed E-state index contributed by atoms with van der Waals surface area (Å²) in [5, 5.41) is 3.39. The zero-order valence-electron chi connectivity index (χ0n) is 10.8. The second kappa shape index (κ2) is 6.72. The van der Waals surface area contributed by atoms with Crippen LogP contribution in [0.4, 0.5) is 0 Å². The normalized spacial score (nSPS) is 18.5. The van der Waals surface area contributed by atoms with Gasteiger partial charge in [0.15, 0.2) is 0 Å². The average Bonchev–Trinajstić information content (AvgIpc) is 2.86. The molecule has 1 aromatic rings. The maximum atomic E-state index is 11.6. The van der Waals surface area contributed by atoms with E-state index in [-0.39, 0.29) is 23.5 Å². The molecule has 7 heteroatoms. The van der Waals surface area contributed by atoms with E-state index in [1.807, 2.05) is 0 Å². The lowest BCUT2D eigenvalue weighted by molar-refractivity contribution is -0.119. The number of nitrogens with zero attached hydrogens (tertiary/aromatic N) is 1. The molecular formula is C12H17N3O3S. The van der Waals surface area contributed by atoms with Crippen LogP contribution in [0.2, 0.25) is 0 Å². The zero-order chi connectivity index (χ0) is 13.7. The van der Waals surface area contributed by atoms with Crippen LogP contribution < -0.4 is 11.0 Å². The molecular weight excluding hydrogens is 266 g/mol. The van der Waals surface area contributed by atoms with E-state index in [4.69, 9.17) is 4.74 Å². The first kappa shape index (κ1) is 14.1. The summed E-state index contributed by atoms with van der Waals surface area (Å²) in [4.78, 5) is 29.2. The summed E-state index contributed by atoms with van der Waals surface area (Å²) in [6, 6.07) is 1.75. The molecule has 0 bridgehead atoms. The van der Waals surface area contributed by atoms with Crippen molar-refractivity contribution in [3.05, 3.63) is 22.2 Å². The molecule has 19 heavy (non-hydrogen) atoms. The minimum atomic E-state index is -0.387. The van der Waals surface area contributed by atoms with Crippen molar-refractivity contribution in [2.75, 3.05) is 18.9 Å². The number of carbonyl (C=O) groups is 1. The highest BCUT2D eigenvalue weighted by Crippen LogP contribution is 2.14. The van der Waals surface area contributed by atoms with Crippen LogP contribution >= 0.6 is 11.8 Å². The van der Waals surface area contributed by atoms with Gasteiger partial charge < -0.3 is 15.0 Å². The van der Waals surface area contributed by atoms with E-state index in [0.717, 1.165) is 25.1 Å². The summed E-state index contributed by atoms with van der Waals surface area (Å²) < 4.78 is 5.42. The van der Waals surface area contributed by atoms with Crippen molar-refractivity contribution in [3.8, 4) is 0 Å². The van der Waals surface area contributed by atoms with Crippen LogP contribution in [0.3, 0.4) is 0 Å². The smallest absolute Gasteiger partial charge is 0.346 e. The standard InChI is InChI=1S/C12H17N3O3S/c1-8-5-11(15-12(17)14-8)19-7-10(16)13-6-9-3-2-4-18-9/h5,9H,2-4,6-7H2,1H3,(H,13,16)(H,14,15,17)/t9-/m0/s1. The third-order valence-corrected chi connectivity index (χ3v) is 3.67. The molecule has 2 heterocycles. The van der Waals surface area contributed by atoms with Gasteiger partial charge >= 0.3 is 5.69 Å². The van der Waals surface area contributed by atoms with Crippen LogP contribution in [0.1, 0.15) is 18.5 Å². The fourth-order valence-electron chi connectivity index (χ4n) is 1.85. The third-order valence-electron chi connectivity index (χ3n) is 2.76. The van der Waals surface area contributed by atoms with Crippen LogP contribution in [-0.2, 0) is 9.53 Å². The fraction of sp³-hybridized carbons (Fsp3) is 0.583. The second-order valence-corrected chi connectivity index (χ2v) is 5.43. The van der Waals surface area contributed by atoms with Gasteiger partial charge in [-0.3, -0.25) is 4.79 Å². The number of ether oxygens (including phenoxy) is 1. The van der Waals surface area contributed by atoms with Gasteiger partial charge in [0.25, 0.3) is 0 Å². The minimum Gasteiger partial charge on any atom is -0.376 e. The predicted molar refractivity (Wildman–Crippen MR) is 72.3 cm³/mol. The molecule has 0 aromatic carbocycles. The Morgan fingerprint density at radius 1 is 1.68 bits per heavy atom. The van der Waals surface area contributed by atoms with Crippen molar-refractivity contribution in [2.24, 2.45) is 0 Å². The Kier molecular flexibility index (Phi) is 4.98. The molecule has 6 nitrogen and oxygen atoms in total. The van der Waals surface area contributed by atoms with Crippen LogP contribution in [0.15, 0.2) is 15.9 Å². The predicted octanol–water partition coefficient (Wildman–Crippen LogP) is 0.466. The highest BCUT2D eigenvalue weighted by Gasteiger charge is 2.16. The first-order chi connectivity index (χ1) is 9.13. The quantitative estimate of drug-likeness (QED) is 0.606. The Morgan fingerprint density at radius 2 is 2.53 bits per heavy atom. The number of amides is 1. The molecule has 2 rings (SSSR count). The SMILES string of the molecule is Cc1cc(SCC(=O)NC[C@@H]2CCCO2)nc(=O)[nH]1. The van der Waals surface area contributed by atoms with E-state index in [0.29, 0.717) is 11.6 Å². The minimum absolute atomic E-state index is 0.0692. The van der Waals surface area contributed by atoms with Gasteiger partial charge in [-0.2, -0.15) is 4.98 Å². The summed E-state index contributed by atoms with van der Waals surface area (Å²) in [6.45, 7) is 3.12. The van der Waals surface area contributed by atoms with Gasteiger partial charge in [-0.1, -0.05) is 11.8 Å². The molecule has 0 spiro atoms. The Morgan fingerprint density at radius 3 is 3.21 bits per heavy atom. The zero-order valence-corrected chi connectivity index (χ0v) is 11.6. The summed E-state index contributed by atoms with van der Waals surface area (Å²) in [6.07, 6.45) is 2.21. The Labute approximate surface area is 115 Å².